The van der Waals surface area contributed by atoms with E-state index in [1.807, 2.05) is 0 Å². The molecular formula is C13H16N2O4. The van der Waals surface area contributed by atoms with Crippen LogP contribution < -0.4 is 19.7 Å². The molecule has 1 N–H and O–H groups in total. The molecule has 0 aliphatic carbocycles. The molecule has 2 amide bonds. The van der Waals surface area contributed by atoms with E-state index in [1.54, 1.807) is 30.2 Å². The lowest BCUT2D eigenvalue weighted by atomic mass is 10.2. The molecule has 1 heterocycles. The first-order chi connectivity index (χ1) is 9.15. The second-order valence-electron chi connectivity index (χ2n) is 4.11. The Balaban J connectivity index is 2.29. The van der Waals surface area contributed by atoms with Gasteiger partial charge in [0, 0.05) is 24.7 Å². The predicted octanol–water partition coefficient (Wildman–Crippen LogP) is 0.557. The van der Waals surface area contributed by atoms with Crippen molar-refractivity contribution in [3.05, 3.63) is 18.2 Å². The molecule has 6 nitrogen and oxygen atoms in total. The van der Waals surface area contributed by atoms with Crippen molar-refractivity contribution in [1.29, 1.82) is 0 Å². The van der Waals surface area contributed by atoms with Crippen molar-refractivity contribution >= 4 is 17.5 Å². The molecule has 1 aromatic carbocycles. The van der Waals surface area contributed by atoms with Crippen LogP contribution in [-0.4, -0.2) is 39.1 Å². The van der Waals surface area contributed by atoms with Gasteiger partial charge in [-0.3, -0.25) is 9.59 Å². The van der Waals surface area contributed by atoms with Crippen LogP contribution in [0.25, 0.3) is 0 Å². The van der Waals surface area contributed by atoms with Gasteiger partial charge in [-0.05, 0) is 12.1 Å². The quantitative estimate of drug-likeness (QED) is 0.866. The molecule has 1 aliphatic rings. The molecule has 0 saturated carbocycles. The molecule has 0 unspecified atom stereocenters. The lowest BCUT2D eigenvalue weighted by molar-refractivity contribution is -0.123. The van der Waals surface area contributed by atoms with Crippen LogP contribution in [0, 0.1) is 0 Å². The van der Waals surface area contributed by atoms with Gasteiger partial charge in [0.15, 0.2) is 11.5 Å². The maximum atomic E-state index is 12.0. The normalized spacial score (nSPS) is 15.8. The second kappa shape index (κ2) is 5.60. The zero-order chi connectivity index (χ0) is 13.8. The summed E-state index contributed by atoms with van der Waals surface area (Å²) in [5, 5.41) is 2.56. The average Bonchev–Trinajstić information content (AvgIpc) is 2.60. The maximum Gasteiger partial charge on any atom is 0.246 e. The Morgan fingerprint density at radius 3 is 2.58 bits per heavy atom. The standard InChI is InChI=1S/C13H16N2O4/c1-18-10-4-3-9(7-11(10)19-2)15-6-5-12(16)14-8-13(15)17/h3-4,7H,5-6,8H2,1-2H3,(H,14,16). The Morgan fingerprint density at radius 2 is 1.89 bits per heavy atom. The molecule has 0 bridgehead atoms. The van der Waals surface area contributed by atoms with E-state index in [0.717, 1.165) is 0 Å². The second-order valence-corrected chi connectivity index (χ2v) is 4.11. The number of carbonyl (C=O) groups is 2. The topological polar surface area (TPSA) is 67.9 Å². The fourth-order valence-corrected chi connectivity index (χ4v) is 1.96. The molecule has 1 aromatic rings. The number of amides is 2. The van der Waals surface area contributed by atoms with E-state index < -0.39 is 0 Å². The van der Waals surface area contributed by atoms with Crippen molar-refractivity contribution in [3.8, 4) is 11.5 Å². The number of methoxy groups -OCH3 is 2. The molecule has 0 spiro atoms. The number of nitrogens with zero attached hydrogens (tertiary/aromatic N) is 1. The highest BCUT2D eigenvalue weighted by atomic mass is 16.5. The summed E-state index contributed by atoms with van der Waals surface area (Å²) in [5.41, 5.74) is 0.694. The molecule has 0 aromatic heterocycles. The minimum Gasteiger partial charge on any atom is -0.493 e. The lowest BCUT2D eigenvalue weighted by Crippen LogP contribution is -2.35. The molecule has 1 aliphatic heterocycles. The molecule has 102 valence electrons. The van der Waals surface area contributed by atoms with Crippen molar-refractivity contribution in [3.63, 3.8) is 0 Å². The van der Waals surface area contributed by atoms with Gasteiger partial charge >= 0.3 is 0 Å². The predicted molar refractivity (Wildman–Crippen MR) is 69.5 cm³/mol. The van der Waals surface area contributed by atoms with Gasteiger partial charge in [0.25, 0.3) is 0 Å². The van der Waals surface area contributed by atoms with Crippen LogP contribution in [0.15, 0.2) is 18.2 Å². The van der Waals surface area contributed by atoms with Crippen molar-refractivity contribution in [1.82, 2.24) is 5.32 Å². The summed E-state index contributed by atoms with van der Waals surface area (Å²) in [6.07, 6.45) is 0.292. The highest BCUT2D eigenvalue weighted by molar-refractivity contribution is 5.99. The van der Waals surface area contributed by atoms with E-state index in [2.05, 4.69) is 5.32 Å². The molecule has 1 saturated heterocycles. The number of anilines is 1. The average molecular weight is 264 g/mol. The first-order valence-electron chi connectivity index (χ1n) is 5.95. The van der Waals surface area contributed by atoms with E-state index in [1.165, 1.54) is 7.11 Å². The number of carbonyl (C=O) groups excluding carboxylic acids is 2. The largest absolute Gasteiger partial charge is 0.493 e. The minimum atomic E-state index is -0.141. The molecule has 0 atom stereocenters. The molecule has 6 heteroatoms. The van der Waals surface area contributed by atoms with Gasteiger partial charge in [-0.1, -0.05) is 0 Å². The van der Waals surface area contributed by atoms with Gasteiger partial charge in [-0.15, -0.1) is 0 Å². The van der Waals surface area contributed by atoms with Crippen LogP contribution in [0.3, 0.4) is 0 Å². The Morgan fingerprint density at radius 1 is 1.16 bits per heavy atom. The number of rotatable bonds is 3. The van der Waals surface area contributed by atoms with E-state index in [0.29, 0.717) is 30.2 Å². The van der Waals surface area contributed by atoms with Crippen molar-refractivity contribution in [2.75, 3.05) is 32.2 Å². The fraction of sp³-hybridized carbons (Fsp3) is 0.385. The summed E-state index contributed by atoms with van der Waals surface area (Å²) < 4.78 is 10.4. The van der Waals surface area contributed by atoms with Crippen LogP contribution in [0.4, 0.5) is 5.69 Å². The Hall–Kier alpha value is -2.24. The summed E-state index contributed by atoms with van der Waals surface area (Å²) in [6.45, 7) is 0.382. The Labute approximate surface area is 111 Å². The highest BCUT2D eigenvalue weighted by Gasteiger charge is 2.22. The minimum absolute atomic E-state index is 0.0210. The Kier molecular flexibility index (Phi) is 3.89. The molecule has 0 radical (unpaired) electrons. The first kappa shape index (κ1) is 13.2. The van der Waals surface area contributed by atoms with Gasteiger partial charge < -0.3 is 19.7 Å². The molecule has 19 heavy (non-hydrogen) atoms. The number of hydrogen-bond acceptors (Lipinski definition) is 4. The molecule has 1 fully saturated rings. The SMILES string of the molecule is COc1ccc(N2CCC(=O)NCC2=O)cc1OC. The fourth-order valence-electron chi connectivity index (χ4n) is 1.96. The summed E-state index contributed by atoms with van der Waals surface area (Å²) in [6, 6.07) is 5.24. The number of ether oxygens (including phenoxy) is 2. The smallest absolute Gasteiger partial charge is 0.246 e. The summed E-state index contributed by atoms with van der Waals surface area (Å²) in [7, 11) is 3.09. The zero-order valence-corrected chi connectivity index (χ0v) is 10.9. The van der Waals surface area contributed by atoms with Crippen LogP contribution in [-0.2, 0) is 9.59 Å². The number of hydrogen-bond donors (Lipinski definition) is 1. The summed E-state index contributed by atoms with van der Waals surface area (Å²) >= 11 is 0. The van der Waals surface area contributed by atoms with Crippen LogP contribution >= 0.6 is 0 Å². The lowest BCUT2D eigenvalue weighted by Gasteiger charge is -2.21. The van der Waals surface area contributed by atoms with Gasteiger partial charge in [-0.2, -0.15) is 0 Å². The van der Waals surface area contributed by atoms with Crippen LogP contribution in [0.5, 0.6) is 11.5 Å². The van der Waals surface area contributed by atoms with Crippen molar-refractivity contribution in [2.45, 2.75) is 6.42 Å². The molecular weight excluding hydrogens is 248 g/mol. The van der Waals surface area contributed by atoms with Crippen molar-refractivity contribution in [2.24, 2.45) is 0 Å². The van der Waals surface area contributed by atoms with Gasteiger partial charge in [0.05, 0.1) is 20.8 Å². The van der Waals surface area contributed by atoms with Gasteiger partial charge in [-0.25, -0.2) is 0 Å². The van der Waals surface area contributed by atoms with E-state index in [4.69, 9.17) is 9.47 Å². The number of nitrogens with one attached hydrogen (secondary N) is 1. The summed E-state index contributed by atoms with van der Waals surface area (Å²) in [4.78, 5) is 24.8. The third kappa shape index (κ3) is 2.78. The highest BCUT2D eigenvalue weighted by Crippen LogP contribution is 2.31. The Bertz CT molecular complexity index is 501. The monoisotopic (exact) mass is 264 g/mol. The van der Waals surface area contributed by atoms with Crippen LogP contribution in [0.2, 0.25) is 0 Å². The third-order valence-electron chi connectivity index (χ3n) is 2.98. The first-order valence-corrected chi connectivity index (χ1v) is 5.95. The van der Waals surface area contributed by atoms with Gasteiger partial charge in [0.1, 0.15) is 0 Å². The maximum absolute atomic E-state index is 12.0. The van der Waals surface area contributed by atoms with E-state index in [9.17, 15) is 9.59 Å². The van der Waals surface area contributed by atoms with E-state index in [-0.39, 0.29) is 18.4 Å². The van der Waals surface area contributed by atoms with Crippen molar-refractivity contribution < 1.29 is 19.1 Å². The third-order valence-corrected chi connectivity index (χ3v) is 2.98. The van der Waals surface area contributed by atoms with Gasteiger partial charge in [0.2, 0.25) is 11.8 Å². The van der Waals surface area contributed by atoms with E-state index >= 15 is 0 Å². The zero-order valence-electron chi connectivity index (χ0n) is 10.9. The molecule has 2 rings (SSSR count). The summed E-state index contributed by atoms with van der Waals surface area (Å²) in [5.74, 6) is 0.897. The number of benzene rings is 1. The van der Waals surface area contributed by atoms with Crippen LogP contribution in [0.1, 0.15) is 6.42 Å².